The van der Waals surface area contributed by atoms with Gasteiger partial charge in [0.05, 0.1) is 13.7 Å². The number of carbonyl (C=O) groups excluding carboxylic acids is 2. The molecule has 2 N–H and O–H groups in total. The average Bonchev–Trinajstić information content (AvgIpc) is 2.87. The molecule has 2 amide bonds. The van der Waals surface area contributed by atoms with Crippen LogP contribution in [0.4, 0.5) is 5.82 Å². The van der Waals surface area contributed by atoms with Crippen molar-refractivity contribution in [2.24, 2.45) is 7.05 Å². The van der Waals surface area contributed by atoms with E-state index in [1.807, 2.05) is 0 Å². The highest BCUT2D eigenvalue weighted by Crippen LogP contribution is 2.14. The predicted molar refractivity (Wildman–Crippen MR) is 75.0 cm³/mol. The van der Waals surface area contributed by atoms with Crippen LogP contribution in [0.25, 0.3) is 0 Å². The Balaban J connectivity index is 1.90. The third-order valence-electron chi connectivity index (χ3n) is 2.57. The zero-order valence-corrected chi connectivity index (χ0v) is 11.7. The molecule has 21 heavy (non-hydrogen) atoms. The first-order valence-corrected chi connectivity index (χ1v) is 6.17. The first-order chi connectivity index (χ1) is 10.1. The van der Waals surface area contributed by atoms with Crippen LogP contribution in [0.5, 0.6) is 5.88 Å². The lowest BCUT2D eigenvalue weighted by molar-refractivity contribution is -0.115. The van der Waals surface area contributed by atoms with Crippen LogP contribution in [0.1, 0.15) is 10.4 Å². The summed E-state index contributed by atoms with van der Waals surface area (Å²) in [7, 11) is 3.10. The van der Waals surface area contributed by atoms with Gasteiger partial charge in [-0.15, -0.1) is 5.10 Å². The second kappa shape index (κ2) is 6.51. The lowest BCUT2D eigenvalue weighted by Crippen LogP contribution is -2.33. The Kier molecular flexibility index (Phi) is 4.50. The maximum Gasteiger partial charge on any atom is 0.258 e. The Bertz CT molecular complexity index is 639. The van der Waals surface area contributed by atoms with E-state index >= 15 is 0 Å². The van der Waals surface area contributed by atoms with Gasteiger partial charge in [-0.3, -0.25) is 14.3 Å². The van der Waals surface area contributed by atoms with Gasteiger partial charge in [0, 0.05) is 19.4 Å². The maximum atomic E-state index is 12.0. The molecule has 8 heteroatoms. The molecule has 0 atom stereocenters. The van der Waals surface area contributed by atoms with Crippen molar-refractivity contribution >= 4 is 17.6 Å². The van der Waals surface area contributed by atoms with Gasteiger partial charge in [0.2, 0.25) is 11.8 Å². The highest BCUT2D eigenvalue weighted by atomic mass is 16.5. The number of nitrogens with one attached hydrogen (secondary N) is 2. The van der Waals surface area contributed by atoms with Crippen LogP contribution < -0.4 is 15.4 Å². The quantitative estimate of drug-likeness (QED) is 0.819. The summed E-state index contributed by atoms with van der Waals surface area (Å²) in [6.45, 7) is -0.173. The van der Waals surface area contributed by atoms with Gasteiger partial charge >= 0.3 is 0 Å². The summed E-state index contributed by atoms with van der Waals surface area (Å²) in [4.78, 5) is 27.6. The molecule has 0 saturated heterocycles. The van der Waals surface area contributed by atoms with E-state index in [4.69, 9.17) is 4.74 Å². The highest BCUT2D eigenvalue weighted by Gasteiger charge is 2.16. The number of nitrogens with zero attached hydrogens (tertiary/aromatic N) is 3. The maximum absolute atomic E-state index is 12.0. The molecule has 2 aromatic heterocycles. The van der Waals surface area contributed by atoms with Gasteiger partial charge in [0.15, 0.2) is 0 Å². The van der Waals surface area contributed by atoms with Crippen molar-refractivity contribution in [3.63, 3.8) is 0 Å². The van der Waals surface area contributed by atoms with E-state index in [1.165, 1.54) is 18.0 Å². The van der Waals surface area contributed by atoms with Crippen LogP contribution in [-0.2, 0) is 11.8 Å². The molecule has 2 heterocycles. The van der Waals surface area contributed by atoms with Gasteiger partial charge in [0.25, 0.3) is 5.91 Å². The van der Waals surface area contributed by atoms with Crippen molar-refractivity contribution in [2.75, 3.05) is 19.0 Å². The minimum Gasteiger partial charge on any atom is -0.479 e. The summed E-state index contributed by atoms with van der Waals surface area (Å²) in [6, 6.07) is 5.15. The predicted octanol–water partition coefficient (Wildman–Crippen LogP) is 0.192. The van der Waals surface area contributed by atoms with Gasteiger partial charge in [-0.05, 0) is 12.1 Å². The third-order valence-corrected chi connectivity index (χ3v) is 2.57. The number of rotatable bonds is 5. The fourth-order valence-electron chi connectivity index (χ4n) is 1.65. The van der Waals surface area contributed by atoms with Gasteiger partial charge in [-0.2, -0.15) is 0 Å². The van der Waals surface area contributed by atoms with Gasteiger partial charge in [-0.25, -0.2) is 4.98 Å². The molecule has 0 unspecified atom stereocenters. The highest BCUT2D eigenvalue weighted by molar-refractivity contribution is 6.00. The van der Waals surface area contributed by atoms with Gasteiger partial charge in [0.1, 0.15) is 11.4 Å². The number of amides is 2. The normalized spacial score (nSPS) is 10.0. The Labute approximate surface area is 121 Å². The van der Waals surface area contributed by atoms with E-state index in [2.05, 4.69) is 20.7 Å². The molecule has 0 fully saturated rings. The molecule has 0 aliphatic rings. The van der Waals surface area contributed by atoms with Gasteiger partial charge < -0.3 is 15.4 Å². The van der Waals surface area contributed by atoms with Crippen LogP contribution in [0.3, 0.4) is 0 Å². The number of methoxy groups -OCH3 is 1. The molecule has 2 rings (SSSR count). The minimum atomic E-state index is -0.434. The van der Waals surface area contributed by atoms with Crippen molar-refractivity contribution in [2.45, 2.75) is 0 Å². The first-order valence-electron chi connectivity index (χ1n) is 6.17. The molecule has 8 nitrogen and oxygen atoms in total. The van der Waals surface area contributed by atoms with Crippen molar-refractivity contribution in [3.8, 4) is 5.88 Å². The Morgan fingerprint density at radius 3 is 2.86 bits per heavy atom. The van der Waals surface area contributed by atoms with E-state index in [0.29, 0.717) is 5.82 Å². The molecule has 0 aliphatic carbocycles. The number of carbonyl (C=O) groups is 2. The smallest absolute Gasteiger partial charge is 0.258 e. The number of aromatic nitrogens is 3. The standard InChI is InChI=1S/C13H15N5O3/c1-18-8-9(13(17-18)21-2)12(20)15-7-11(19)16-10-5-3-4-6-14-10/h3-6,8H,7H2,1-2H3,(H,15,20)(H,14,16,19). The Morgan fingerprint density at radius 1 is 1.38 bits per heavy atom. The van der Waals surface area contributed by atoms with Crippen LogP contribution in [-0.4, -0.2) is 40.2 Å². The van der Waals surface area contributed by atoms with Crippen LogP contribution in [0, 0.1) is 0 Å². The molecule has 2 aromatic rings. The van der Waals surface area contributed by atoms with E-state index in [-0.39, 0.29) is 23.9 Å². The van der Waals surface area contributed by atoms with Crippen molar-refractivity contribution in [3.05, 3.63) is 36.2 Å². The van der Waals surface area contributed by atoms with Crippen molar-refractivity contribution in [1.29, 1.82) is 0 Å². The molecule has 0 saturated carbocycles. The Hall–Kier alpha value is -2.90. The third kappa shape index (κ3) is 3.78. The zero-order valence-electron chi connectivity index (χ0n) is 11.7. The molecule has 0 aromatic carbocycles. The number of ether oxygens (including phenoxy) is 1. The summed E-state index contributed by atoms with van der Waals surface area (Å²) in [5, 5.41) is 9.03. The number of hydrogen-bond donors (Lipinski definition) is 2. The van der Waals surface area contributed by atoms with E-state index in [1.54, 1.807) is 31.4 Å². The van der Waals surface area contributed by atoms with Gasteiger partial charge in [-0.1, -0.05) is 6.07 Å². The monoisotopic (exact) mass is 289 g/mol. The van der Waals surface area contributed by atoms with Crippen LogP contribution >= 0.6 is 0 Å². The molecule has 0 aliphatic heterocycles. The number of hydrogen-bond acceptors (Lipinski definition) is 5. The fraction of sp³-hybridized carbons (Fsp3) is 0.231. The fourth-order valence-corrected chi connectivity index (χ4v) is 1.65. The number of pyridine rings is 1. The number of anilines is 1. The van der Waals surface area contributed by atoms with Crippen LogP contribution in [0.15, 0.2) is 30.6 Å². The molecule has 0 bridgehead atoms. The van der Waals surface area contributed by atoms with E-state index in [9.17, 15) is 9.59 Å². The topological polar surface area (TPSA) is 98.1 Å². The molecule has 0 radical (unpaired) electrons. The second-order valence-electron chi connectivity index (χ2n) is 4.17. The SMILES string of the molecule is COc1nn(C)cc1C(=O)NCC(=O)Nc1ccccn1. The summed E-state index contributed by atoms with van der Waals surface area (Å²) in [5.41, 5.74) is 0.269. The average molecular weight is 289 g/mol. The minimum absolute atomic E-state index is 0.173. The van der Waals surface area contributed by atoms with E-state index in [0.717, 1.165) is 0 Å². The van der Waals surface area contributed by atoms with Crippen LogP contribution in [0.2, 0.25) is 0 Å². The molecule has 110 valence electrons. The largest absolute Gasteiger partial charge is 0.479 e. The first kappa shape index (κ1) is 14.5. The number of aryl methyl sites for hydroxylation is 1. The lowest BCUT2D eigenvalue weighted by Gasteiger charge is -2.05. The summed E-state index contributed by atoms with van der Waals surface area (Å²) in [6.07, 6.45) is 3.08. The molecular formula is C13H15N5O3. The zero-order chi connectivity index (χ0) is 15.2. The summed E-state index contributed by atoms with van der Waals surface area (Å²) < 4.78 is 6.45. The molecular weight excluding hydrogens is 274 g/mol. The van der Waals surface area contributed by atoms with Crippen molar-refractivity contribution in [1.82, 2.24) is 20.1 Å². The second-order valence-corrected chi connectivity index (χ2v) is 4.17. The van der Waals surface area contributed by atoms with E-state index < -0.39 is 5.91 Å². The van der Waals surface area contributed by atoms with Crippen molar-refractivity contribution < 1.29 is 14.3 Å². The molecule has 0 spiro atoms. The lowest BCUT2D eigenvalue weighted by atomic mass is 10.3. The summed E-state index contributed by atoms with van der Waals surface area (Å²) >= 11 is 0. The summed E-state index contributed by atoms with van der Waals surface area (Å²) in [5.74, 6) is -0.170. The Morgan fingerprint density at radius 2 is 2.19 bits per heavy atom.